The summed E-state index contributed by atoms with van der Waals surface area (Å²) in [7, 11) is 0. The van der Waals surface area contributed by atoms with Gasteiger partial charge in [0.2, 0.25) is 0 Å². The molecule has 58 valence electrons. The third-order valence-corrected chi connectivity index (χ3v) is 1.57. The molecule has 0 aromatic carbocycles. The lowest BCUT2D eigenvalue weighted by molar-refractivity contribution is 0.0320. The Bertz CT molecular complexity index is 125. The average molecular weight is 143 g/mol. The van der Waals surface area contributed by atoms with Crippen LogP contribution in [-0.2, 0) is 4.74 Å². The minimum absolute atomic E-state index is 0.170. The van der Waals surface area contributed by atoms with Crippen LogP contribution in [0.25, 0.3) is 0 Å². The fourth-order valence-electron chi connectivity index (χ4n) is 0.859. The zero-order valence-electron chi connectivity index (χ0n) is 5.86. The summed E-state index contributed by atoms with van der Waals surface area (Å²) in [5.74, 6) is 0. The number of hydrogen-bond acceptors (Lipinski definition) is 3. The number of aliphatic hydroxyl groups is 1. The van der Waals surface area contributed by atoms with Crippen LogP contribution in [0.5, 0.6) is 0 Å². The highest BCUT2D eigenvalue weighted by Crippen LogP contribution is 2.01. The van der Waals surface area contributed by atoms with Gasteiger partial charge in [-0.15, -0.1) is 0 Å². The molecule has 0 bridgehead atoms. The molecule has 0 saturated carbocycles. The van der Waals surface area contributed by atoms with Crippen molar-refractivity contribution < 1.29 is 9.84 Å². The van der Waals surface area contributed by atoms with Crippen LogP contribution in [0, 0.1) is 0 Å². The second-order valence-electron chi connectivity index (χ2n) is 2.48. The second kappa shape index (κ2) is 3.71. The van der Waals surface area contributed by atoms with Crippen molar-refractivity contribution in [2.75, 3.05) is 13.2 Å². The van der Waals surface area contributed by atoms with Crippen LogP contribution in [-0.4, -0.2) is 30.5 Å². The largest absolute Gasteiger partial charge is 0.389 e. The molecule has 2 atom stereocenters. The predicted octanol–water partition coefficient (Wildman–Crippen LogP) is -0.349. The fourth-order valence-corrected chi connectivity index (χ4v) is 0.859. The van der Waals surface area contributed by atoms with E-state index in [-0.39, 0.29) is 6.04 Å². The molecular weight excluding hydrogens is 130 g/mol. The zero-order chi connectivity index (χ0) is 7.40. The number of aliphatic hydroxyl groups excluding tert-OH is 1. The third-order valence-electron chi connectivity index (χ3n) is 1.57. The first kappa shape index (κ1) is 7.72. The van der Waals surface area contributed by atoms with Crippen LogP contribution >= 0.6 is 0 Å². The van der Waals surface area contributed by atoms with E-state index in [0.717, 1.165) is 6.42 Å². The Labute approximate surface area is 60.5 Å². The molecule has 0 aromatic rings. The Kier molecular flexibility index (Phi) is 2.86. The topological polar surface area (TPSA) is 55.5 Å². The van der Waals surface area contributed by atoms with Gasteiger partial charge in [0.05, 0.1) is 19.3 Å². The first-order valence-electron chi connectivity index (χ1n) is 3.47. The van der Waals surface area contributed by atoms with Crippen molar-refractivity contribution in [2.45, 2.75) is 18.6 Å². The van der Waals surface area contributed by atoms with Crippen LogP contribution in [0.1, 0.15) is 6.42 Å². The Morgan fingerprint density at radius 1 is 1.50 bits per heavy atom. The van der Waals surface area contributed by atoms with Crippen LogP contribution in [0.3, 0.4) is 0 Å². The maximum Gasteiger partial charge on any atom is 0.0927 e. The summed E-state index contributed by atoms with van der Waals surface area (Å²) in [5, 5.41) is 9.20. The summed E-state index contributed by atoms with van der Waals surface area (Å²) in [5.41, 5.74) is 5.57. The summed E-state index contributed by atoms with van der Waals surface area (Å²) in [4.78, 5) is 0. The molecular formula is C7H13NO2. The molecule has 1 aliphatic rings. The molecule has 1 heterocycles. The van der Waals surface area contributed by atoms with Gasteiger partial charge >= 0.3 is 0 Å². The van der Waals surface area contributed by atoms with Gasteiger partial charge in [0.15, 0.2) is 0 Å². The van der Waals surface area contributed by atoms with Crippen LogP contribution in [0.15, 0.2) is 12.2 Å². The molecule has 0 saturated heterocycles. The van der Waals surface area contributed by atoms with E-state index in [1.165, 1.54) is 0 Å². The first-order valence-corrected chi connectivity index (χ1v) is 3.47. The van der Waals surface area contributed by atoms with Crippen LogP contribution < -0.4 is 5.73 Å². The fraction of sp³-hybridized carbons (Fsp3) is 0.714. The number of ether oxygens (including phenoxy) is 1. The van der Waals surface area contributed by atoms with Gasteiger partial charge in [0.25, 0.3) is 0 Å². The van der Waals surface area contributed by atoms with E-state index in [1.807, 2.05) is 12.2 Å². The van der Waals surface area contributed by atoms with Gasteiger partial charge in [-0.05, 0) is 6.42 Å². The van der Waals surface area contributed by atoms with Crippen molar-refractivity contribution in [2.24, 2.45) is 5.73 Å². The van der Waals surface area contributed by atoms with E-state index < -0.39 is 6.10 Å². The molecule has 3 heteroatoms. The normalized spacial score (nSPS) is 35.0. The van der Waals surface area contributed by atoms with E-state index in [9.17, 15) is 5.11 Å². The van der Waals surface area contributed by atoms with Gasteiger partial charge in [-0.1, -0.05) is 12.2 Å². The van der Waals surface area contributed by atoms with Crippen molar-refractivity contribution in [1.82, 2.24) is 0 Å². The highest BCUT2D eigenvalue weighted by Gasteiger charge is 2.13. The molecule has 2 unspecified atom stereocenters. The molecule has 0 spiro atoms. The van der Waals surface area contributed by atoms with Crippen LogP contribution in [0.2, 0.25) is 0 Å². The Morgan fingerprint density at radius 3 is 3.10 bits per heavy atom. The average Bonchev–Trinajstić information content (AvgIpc) is 1.92. The Balaban J connectivity index is 2.41. The smallest absolute Gasteiger partial charge is 0.0927 e. The van der Waals surface area contributed by atoms with Crippen molar-refractivity contribution >= 4 is 0 Å². The Hall–Kier alpha value is -0.380. The van der Waals surface area contributed by atoms with Crippen LogP contribution in [0.4, 0.5) is 0 Å². The highest BCUT2D eigenvalue weighted by molar-refractivity contribution is 4.89. The molecule has 0 amide bonds. The van der Waals surface area contributed by atoms with Crippen molar-refractivity contribution in [1.29, 1.82) is 0 Å². The van der Waals surface area contributed by atoms with E-state index in [0.29, 0.717) is 13.2 Å². The summed E-state index contributed by atoms with van der Waals surface area (Å²) in [6.45, 7) is 0.940. The van der Waals surface area contributed by atoms with Crippen molar-refractivity contribution in [3.05, 3.63) is 12.2 Å². The van der Waals surface area contributed by atoms with E-state index in [4.69, 9.17) is 10.5 Å². The van der Waals surface area contributed by atoms with Gasteiger partial charge < -0.3 is 15.6 Å². The summed E-state index contributed by atoms with van der Waals surface area (Å²) >= 11 is 0. The van der Waals surface area contributed by atoms with Gasteiger partial charge in [-0.25, -0.2) is 0 Å². The molecule has 3 N–H and O–H groups in total. The summed E-state index contributed by atoms with van der Waals surface area (Å²) < 4.78 is 5.04. The third kappa shape index (κ3) is 2.10. The minimum Gasteiger partial charge on any atom is -0.389 e. The Morgan fingerprint density at radius 2 is 2.30 bits per heavy atom. The standard InChI is InChI=1S/C7H13NO2/c8-6-3-1-2-4-10-5-7(6)9/h1-2,6-7,9H,3-5,8H2. The quantitative estimate of drug-likeness (QED) is 0.456. The lowest BCUT2D eigenvalue weighted by Gasteiger charge is -2.18. The van der Waals surface area contributed by atoms with Gasteiger partial charge in [0, 0.05) is 6.04 Å². The van der Waals surface area contributed by atoms with Crippen molar-refractivity contribution in [3.63, 3.8) is 0 Å². The van der Waals surface area contributed by atoms with Crippen molar-refractivity contribution in [3.8, 4) is 0 Å². The number of hydrogen-bond donors (Lipinski definition) is 2. The predicted molar refractivity (Wildman–Crippen MR) is 38.6 cm³/mol. The van der Waals surface area contributed by atoms with E-state index in [2.05, 4.69) is 0 Å². The number of nitrogens with two attached hydrogens (primary N) is 1. The SMILES string of the molecule is NC1CC=CCOCC1O. The summed E-state index contributed by atoms with van der Waals surface area (Å²) in [6, 6.07) is -0.170. The maximum atomic E-state index is 9.20. The van der Waals surface area contributed by atoms with Gasteiger partial charge in [-0.2, -0.15) is 0 Å². The monoisotopic (exact) mass is 143 g/mol. The molecule has 0 aliphatic carbocycles. The van der Waals surface area contributed by atoms with Gasteiger partial charge in [-0.3, -0.25) is 0 Å². The zero-order valence-corrected chi connectivity index (χ0v) is 5.86. The molecule has 3 nitrogen and oxygen atoms in total. The van der Waals surface area contributed by atoms with E-state index >= 15 is 0 Å². The second-order valence-corrected chi connectivity index (χ2v) is 2.48. The highest BCUT2D eigenvalue weighted by atomic mass is 16.5. The molecule has 0 radical (unpaired) electrons. The maximum absolute atomic E-state index is 9.20. The molecule has 1 rings (SSSR count). The first-order chi connectivity index (χ1) is 4.80. The lowest BCUT2D eigenvalue weighted by Crippen LogP contribution is -2.38. The summed E-state index contributed by atoms with van der Waals surface area (Å²) in [6.07, 6.45) is 4.09. The van der Waals surface area contributed by atoms with Gasteiger partial charge in [0.1, 0.15) is 0 Å². The van der Waals surface area contributed by atoms with E-state index in [1.54, 1.807) is 0 Å². The molecule has 1 aliphatic heterocycles. The molecule has 0 aromatic heterocycles. The lowest BCUT2D eigenvalue weighted by atomic mass is 10.1. The number of rotatable bonds is 0. The molecule has 10 heavy (non-hydrogen) atoms. The molecule has 0 fully saturated rings. The minimum atomic E-state index is -0.509.